The Morgan fingerprint density at radius 3 is 2.58 bits per heavy atom. The number of likely N-dealkylation sites (tertiary alicyclic amines) is 1. The van der Waals surface area contributed by atoms with Gasteiger partial charge in [0.25, 0.3) is 0 Å². The van der Waals surface area contributed by atoms with E-state index in [1.807, 2.05) is 6.92 Å². The predicted molar refractivity (Wildman–Crippen MR) is 113 cm³/mol. The fraction of sp³-hybridized carbons (Fsp3) is 0.619. The molecule has 1 aliphatic carbocycles. The minimum Gasteiger partial charge on any atom is -0.492 e. The van der Waals surface area contributed by atoms with Crippen molar-refractivity contribution in [1.82, 2.24) is 9.21 Å². The van der Waals surface area contributed by atoms with Gasteiger partial charge in [0, 0.05) is 25.6 Å². The number of nitrogens with one attached hydrogen (secondary N) is 1. The topological polar surface area (TPSA) is 105 Å². The number of benzene rings is 1. The molecule has 1 saturated carbocycles. The van der Waals surface area contributed by atoms with E-state index in [0.717, 1.165) is 19.3 Å². The molecule has 0 bridgehead atoms. The van der Waals surface area contributed by atoms with E-state index in [2.05, 4.69) is 5.32 Å². The number of anilines is 1. The van der Waals surface area contributed by atoms with Gasteiger partial charge in [0.2, 0.25) is 21.8 Å². The van der Waals surface area contributed by atoms with Gasteiger partial charge in [-0.15, -0.1) is 0 Å². The fourth-order valence-electron chi connectivity index (χ4n) is 4.07. The third-order valence-electron chi connectivity index (χ3n) is 5.88. The number of carbonyl (C=O) groups is 2. The first-order valence-corrected chi connectivity index (χ1v) is 12.3. The van der Waals surface area contributed by atoms with Crippen LogP contribution in [0.25, 0.3) is 0 Å². The Bertz CT molecular complexity index is 940. The Morgan fingerprint density at radius 1 is 1.16 bits per heavy atom. The summed E-state index contributed by atoms with van der Waals surface area (Å²) >= 11 is 0. The summed E-state index contributed by atoms with van der Waals surface area (Å²) in [6, 6.07) is 3.95. The van der Waals surface area contributed by atoms with E-state index in [-0.39, 0.29) is 35.7 Å². The summed E-state index contributed by atoms with van der Waals surface area (Å²) in [4.78, 5) is 27.3. The molecule has 9 nitrogen and oxygen atoms in total. The van der Waals surface area contributed by atoms with Crippen LogP contribution in [0.2, 0.25) is 0 Å². The second kappa shape index (κ2) is 9.13. The van der Waals surface area contributed by atoms with Gasteiger partial charge < -0.3 is 19.7 Å². The fourth-order valence-corrected chi connectivity index (χ4v) is 5.50. The van der Waals surface area contributed by atoms with Crippen molar-refractivity contribution in [3.05, 3.63) is 18.2 Å². The number of hydrogen-bond acceptors (Lipinski definition) is 6. The minimum atomic E-state index is -3.72. The number of hydrogen-bond donors (Lipinski definition) is 1. The average Bonchev–Trinajstić information content (AvgIpc) is 3.51. The monoisotopic (exact) mass is 451 g/mol. The molecule has 2 amide bonds. The van der Waals surface area contributed by atoms with E-state index >= 15 is 0 Å². The number of morpholine rings is 1. The van der Waals surface area contributed by atoms with E-state index in [9.17, 15) is 18.0 Å². The first kappa shape index (κ1) is 22.0. The number of ether oxygens (including phenoxy) is 2. The second-order valence-electron chi connectivity index (χ2n) is 8.06. The molecule has 0 spiro atoms. The standard InChI is InChI=1S/C21H29N3O6S/c1-2-30-19-8-7-16(31(27,28)23-10-12-29-13-11-23)14-17(19)22-20(25)18-4-3-9-24(18)21(26)15-5-6-15/h7-8,14-15,18H,2-6,9-13H2,1H3,(H,22,25). The molecular weight excluding hydrogens is 422 g/mol. The van der Waals surface area contributed by atoms with Gasteiger partial charge in [0.15, 0.2) is 0 Å². The number of nitrogens with zero attached hydrogens (tertiary/aromatic N) is 2. The van der Waals surface area contributed by atoms with Gasteiger partial charge in [0.1, 0.15) is 11.8 Å². The Balaban J connectivity index is 1.56. The molecule has 170 valence electrons. The molecule has 3 fully saturated rings. The molecule has 1 N–H and O–H groups in total. The van der Waals surface area contributed by atoms with Gasteiger partial charge in [0.05, 0.1) is 30.4 Å². The Labute approximate surface area is 182 Å². The molecule has 2 aliphatic heterocycles. The van der Waals surface area contributed by atoms with Crippen LogP contribution in [0.1, 0.15) is 32.6 Å². The van der Waals surface area contributed by atoms with Crippen molar-refractivity contribution in [2.24, 2.45) is 5.92 Å². The highest BCUT2D eigenvalue weighted by molar-refractivity contribution is 7.89. The number of amides is 2. The van der Waals surface area contributed by atoms with Crippen molar-refractivity contribution in [3.63, 3.8) is 0 Å². The van der Waals surface area contributed by atoms with Crippen LogP contribution in [0.3, 0.4) is 0 Å². The van der Waals surface area contributed by atoms with Crippen LogP contribution in [0, 0.1) is 5.92 Å². The van der Waals surface area contributed by atoms with Crippen LogP contribution in [0.5, 0.6) is 5.75 Å². The minimum absolute atomic E-state index is 0.0475. The first-order valence-electron chi connectivity index (χ1n) is 10.9. The van der Waals surface area contributed by atoms with Crippen LogP contribution >= 0.6 is 0 Å². The van der Waals surface area contributed by atoms with Gasteiger partial charge in [-0.3, -0.25) is 9.59 Å². The Morgan fingerprint density at radius 2 is 1.90 bits per heavy atom. The summed E-state index contributed by atoms with van der Waals surface area (Å²) in [5.74, 6) is 0.184. The molecule has 1 aromatic rings. The van der Waals surface area contributed by atoms with E-state index in [1.54, 1.807) is 11.0 Å². The molecule has 3 aliphatic rings. The van der Waals surface area contributed by atoms with Gasteiger partial charge in [-0.2, -0.15) is 4.31 Å². The molecule has 1 unspecified atom stereocenters. The SMILES string of the molecule is CCOc1ccc(S(=O)(=O)N2CCOCC2)cc1NC(=O)C1CCCN1C(=O)C1CC1. The Kier molecular flexibility index (Phi) is 6.49. The lowest BCUT2D eigenvalue weighted by Gasteiger charge is -2.27. The third kappa shape index (κ3) is 4.70. The maximum absolute atomic E-state index is 13.1. The zero-order valence-electron chi connectivity index (χ0n) is 17.7. The summed E-state index contributed by atoms with van der Waals surface area (Å²) in [6.07, 6.45) is 3.15. The molecule has 4 rings (SSSR count). The van der Waals surface area contributed by atoms with Crippen LogP contribution in [-0.4, -0.2) is 74.9 Å². The lowest BCUT2D eigenvalue weighted by atomic mass is 10.2. The van der Waals surface area contributed by atoms with E-state index in [4.69, 9.17) is 9.47 Å². The highest BCUT2D eigenvalue weighted by Gasteiger charge is 2.41. The number of rotatable bonds is 7. The van der Waals surface area contributed by atoms with E-state index < -0.39 is 16.1 Å². The van der Waals surface area contributed by atoms with Gasteiger partial charge >= 0.3 is 0 Å². The van der Waals surface area contributed by atoms with Gasteiger partial charge in [-0.05, 0) is 50.8 Å². The first-order chi connectivity index (χ1) is 14.9. The highest BCUT2D eigenvalue weighted by atomic mass is 32.2. The molecule has 0 radical (unpaired) electrons. The van der Waals surface area contributed by atoms with Crippen LogP contribution in [0.4, 0.5) is 5.69 Å². The number of sulfonamides is 1. The zero-order valence-corrected chi connectivity index (χ0v) is 18.5. The van der Waals surface area contributed by atoms with Crippen molar-refractivity contribution >= 4 is 27.5 Å². The van der Waals surface area contributed by atoms with Crippen molar-refractivity contribution < 1.29 is 27.5 Å². The molecule has 31 heavy (non-hydrogen) atoms. The van der Waals surface area contributed by atoms with Crippen molar-refractivity contribution in [2.75, 3.05) is 44.8 Å². The predicted octanol–water partition coefficient (Wildman–Crippen LogP) is 1.45. The maximum atomic E-state index is 13.1. The summed E-state index contributed by atoms with van der Waals surface area (Å²) in [7, 11) is -3.72. The van der Waals surface area contributed by atoms with Crippen LogP contribution in [-0.2, 0) is 24.3 Å². The van der Waals surface area contributed by atoms with Crippen LogP contribution < -0.4 is 10.1 Å². The molecule has 10 heteroatoms. The normalized spacial score (nSPS) is 22.4. The molecule has 2 saturated heterocycles. The largest absolute Gasteiger partial charge is 0.492 e. The average molecular weight is 452 g/mol. The van der Waals surface area contributed by atoms with E-state index in [0.29, 0.717) is 44.2 Å². The summed E-state index contributed by atoms with van der Waals surface area (Å²) in [5, 5.41) is 2.83. The third-order valence-corrected chi connectivity index (χ3v) is 7.78. The van der Waals surface area contributed by atoms with Crippen molar-refractivity contribution in [3.8, 4) is 5.75 Å². The summed E-state index contributed by atoms with van der Waals surface area (Å²) in [5.41, 5.74) is 0.298. The quantitative estimate of drug-likeness (QED) is 0.673. The highest BCUT2D eigenvalue weighted by Crippen LogP contribution is 2.35. The van der Waals surface area contributed by atoms with Gasteiger partial charge in [-0.25, -0.2) is 8.42 Å². The number of carbonyl (C=O) groups excluding carboxylic acids is 2. The summed E-state index contributed by atoms with van der Waals surface area (Å²) in [6.45, 7) is 4.05. The second-order valence-corrected chi connectivity index (χ2v) is 10.00. The van der Waals surface area contributed by atoms with Crippen LogP contribution in [0.15, 0.2) is 23.1 Å². The Hall–Kier alpha value is -2.17. The molecule has 1 atom stereocenters. The lowest BCUT2D eigenvalue weighted by molar-refractivity contribution is -0.137. The summed E-state index contributed by atoms with van der Waals surface area (Å²) < 4.78 is 38.3. The zero-order chi connectivity index (χ0) is 22.0. The van der Waals surface area contributed by atoms with Gasteiger partial charge in [-0.1, -0.05) is 0 Å². The molecule has 2 heterocycles. The van der Waals surface area contributed by atoms with E-state index in [1.165, 1.54) is 16.4 Å². The molecule has 1 aromatic carbocycles. The smallest absolute Gasteiger partial charge is 0.247 e. The van der Waals surface area contributed by atoms with Crippen molar-refractivity contribution in [1.29, 1.82) is 0 Å². The van der Waals surface area contributed by atoms with Crippen molar-refractivity contribution in [2.45, 2.75) is 43.5 Å². The lowest BCUT2D eigenvalue weighted by Crippen LogP contribution is -2.44. The molecular formula is C21H29N3O6S. The maximum Gasteiger partial charge on any atom is 0.247 e. The molecule has 0 aromatic heterocycles.